The molecule has 0 spiro atoms. The molecule has 26 heavy (non-hydrogen) atoms. The maximum absolute atomic E-state index is 13.4. The van der Waals surface area contributed by atoms with Gasteiger partial charge < -0.3 is 14.6 Å². The molecular formula is C20H17FN2O3. The number of amides is 2. The number of rotatable bonds is 6. The van der Waals surface area contributed by atoms with Crippen LogP contribution < -0.4 is 5.32 Å². The molecule has 3 aromatic rings. The summed E-state index contributed by atoms with van der Waals surface area (Å²) in [5.74, 6) is -0.790. The SMILES string of the molecule is O=C(CN(Cc1ccco1)C(=O)c1cccc(F)c1)Nc1ccccc1. The standard InChI is InChI=1S/C20H17FN2O3/c21-16-7-4-6-15(12-16)20(25)23(13-18-10-5-11-26-18)14-19(24)22-17-8-2-1-3-9-17/h1-12H,13-14H2,(H,22,24). The van der Waals surface area contributed by atoms with Crippen LogP contribution in [0, 0.1) is 5.82 Å². The fourth-order valence-electron chi connectivity index (χ4n) is 2.49. The summed E-state index contributed by atoms with van der Waals surface area (Å²) in [6, 6.07) is 17.7. The van der Waals surface area contributed by atoms with E-state index < -0.39 is 11.7 Å². The lowest BCUT2D eigenvalue weighted by atomic mass is 10.2. The number of halogens is 1. The van der Waals surface area contributed by atoms with Gasteiger partial charge in [0.2, 0.25) is 5.91 Å². The van der Waals surface area contributed by atoms with Crippen molar-refractivity contribution in [3.63, 3.8) is 0 Å². The molecular weight excluding hydrogens is 335 g/mol. The van der Waals surface area contributed by atoms with E-state index in [2.05, 4.69) is 5.32 Å². The molecule has 2 amide bonds. The minimum Gasteiger partial charge on any atom is -0.467 e. The van der Waals surface area contributed by atoms with Crippen molar-refractivity contribution in [2.75, 3.05) is 11.9 Å². The molecule has 132 valence electrons. The van der Waals surface area contributed by atoms with Gasteiger partial charge in [-0.15, -0.1) is 0 Å². The summed E-state index contributed by atoms with van der Waals surface area (Å²) < 4.78 is 18.7. The molecule has 0 fully saturated rings. The highest BCUT2D eigenvalue weighted by molar-refractivity contribution is 5.99. The molecule has 0 bridgehead atoms. The predicted octanol–water partition coefficient (Wildman–Crippen LogP) is 3.70. The Hall–Kier alpha value is -3.41. The summed E-state index contributed by atoms with van der Waals surface area (Å²) in [5.41, 5.74) is 0.803. The van der Waals surface area contributed by atoms with E-state index in [0.717, 1.165) is 6.07 Å². The number of nitrogens with zero attached hydrogens (tertiary/aromatic N) is 1. The Kier molecular flexibility index (Phi) is 5.43. The zero-order valence-electron chi connectivity index (χ0n) is 13.9. The van der Waals surface area contributed by atoms with E-state index in [9.17, 15) is 14.0 Å². The van der Waals surface area contributed by atoms with E-state index in [1.54, 1.807) is 36.4 Å². The first-order valence-corrected chi connectivity index (χ1v) is 8.04. The van der Waals surface area contributed by atoms with Crippen LogP contribution in [0.4, 0.5) is 10.1 Å². The molecule has 0 aliphatic rings. The second kappa shape index (κ2) is 8.11. The van der Waals surface area contributed by atoms with Crippen molar-refractivity contribution < 1.29 is 18.4 Å². The number of benzene rings is 2. The van der Waals surface area contributed by atoms with Crippen molar-refractivity contribution in [1.29, 1.82) is 0 Å². The molecule has 0 radical (unpaired) electrons. The monoisotopic (exact) mass is 352 g/mol. The van der Waals surface area contributed by atoms with E-state index >= 15 is 0 Å². The molecule has 0 aliphatic heterocycles. The number of hydrogen-bond acceptors (Lipinski definition) is 3. The first kappa shape index (κ1) is 17.4. The molecule has 1 N–H and O–H groups in total. The van der Waals surface area contributed by atoms with Crippen molar-refractivity contribution in [1.82, 2.24) is 4.90 Å². The van der Waals surface area contributed by atoms with Crippen LogP contribution in [0.1, 0.15) is 16.1 Å². The Morgan fingerprint density at radius 2 is 1.81 bits per heavy atom. The number of carbonyl (C=O) groups excluding carboxylic acids is 2. The average molecular weight is 352 g/mol. The number of carbonyl (C=O) groups is 2. The zero-order chi connectivity index (χ0) is 18.4. The van der Waals surface area contributed by atoms with E-state index in [4.69, 9.17) is 4.42 Å². The summed E-state index contributed by atoms with van der Waals surface area (Å²) in [4.78, 5) is 26.4. The third kappa shape index (κ3) is 4.57. The number of nitrogens with one attached hydrogen (secondary N) is 1. The molecule has 2 aromatic carbocycles. The first-order chi connectivity index (χ1) is 12.6. The highest BCUT2D eigenvalue weighted by Crippen LogP contribution is 2.13. The molecule has 3 rings (SSSR count). The smallest absolute Gasteiger partial charge is 0.254 e. The van der Waals surface area contributed by atoms with Gasteiger partial charge in [0, 0.05) is 11.3 Å². The lowest BCUT2D eigenvalue weighted by Gasteiger charge is -2.21. The quantitative estimate of drug-likeness (QED) is 0.736. The van der Waals surface area contributed by atoms with Crippen LogP contribution in [-0.4, -0.2) is 23.3 Å². The third-order valence-corrected chi connectivity index (χ3v) is 3.68. The molecule has 0 atom stereocenters. The first-order valence-electron chi connectivity index (χ1n) is 8.04. The van der Waals surface area contributed by atoms with Gasteiger partial charge in [-0.05, 0) is 42.5 Å². The van der Waals surface area contributed by atoms with Crippen LogP contribution >= 0.6 is 0 Å². The molecule has 1 heterocycles. The highest BCUT2D eigenvalue weighted by Gasteiger charge is 2.20. The zero-order valence-corrected chi connectivity index (χ0v) is 13.9. The van der Waals surface area contributed by atoms with Crippen LogP contribution in [0.15, 0.2) is 77.4 Å². The van der Waals surface area contributed by atoms with Crippen LogP contribution in [-0.2, 0) is 11.3 Å². The number of furan rings is 1. The van der Waals surface area contributed by atoms with Gasteiger partial charge in [0.25, 0.3) is 5.91 Å². The van der Waals surface area contributed by atoms with Gasteiger partial charge in [0.05, 0.1) is 12.8 Å². The largest absolute Gasteiger partial charge is 0.467 e. The normalized spacial score (nSPS) is 10.3. The summed E-state index contributed by atoms with van der Waals surface area (Å²) >= 11 is 0. The van der Waals surface area contributed by atoms with E-state index in [1.807, 2.05) is 6.07 Å². The number of para-hydroxylation sites is 1. The minimum absolute atomic E-state index is 0.102. The van der Waals surface area contributed by atoms with Crippen LogP contribution in [0.25, 0.3) is 0 Å². The Morgan fingerprint density at radius 1 is 1.00 bits per heavy atom. The second-order valence-electron chi connectivity index (χ2n) is 5.67. The fraction of sp³-hybridized carbons (Fsp3) is 0.100. The Balaban J connectivity index is 1.76. The van der Waals surface area contributed by atoms with Crippen molar-refractivity contribution in [2.24, 2.45) is 0 Å². The molecule has 0 saturated heterocycles. The van der Waals surface area contributed by atoms with E-state index in [-0.39, 0.29) is 24.6 Å². The van der Waals surface area contributed by atoms with Crippen LogP contribution in [0.2, 0.25) is 0 Å². The maximum Gasteiger partial charge on any atom is 0.254 e. The number of hydrogen-bond donors (Lipinski definition) is 1. The highest BCUT2D eigenvalue weighted by atomic mass is 19.1. The van der Waals surface area contributed by atoms with Crippen LogP contribution in [0.5, 0.6) is 0 Å². The molecule has 1 aromatic heterocycles. The van der Waals surface area contributed by atoms with E-state index in [0.29, 0.717) is 11.4 Å². The van der Waals surface area contributed by atoms with Crippen LogP contribution in [0.3, 0.4) is 0 Å². The predicted molar refractivity (Wildman–Crippen MR) is 94.9 cm³/mol. The molecule has 0 saturated carbocycles. The van der Waals surface area contributed by atoms with Gasteiger partial charge in [-0.3, -0.25) is 9.59 Å². The van der Waals surface area contributed by atoms with Crippen molar-refractivity contribution in [2.45, 2.75) is 6.54 Å². The topological polar surface area (TPSA) is 62.6 Å². The van der Waals surface area contributed by atoms with Crippen molar-refractivity contribution in [3.05, 3.63) is 90.1 Å². The molecule has 0 aliphatic carbocycles. The molecule has 0 unspecified atom stereocenters. The van der Waals surface area contributed by atoms with Gasteiger partial charge in [0.15, 0.2) is 0 Å². The van der Waals surface area contributed by atoms with Crippen molar-refractivity contribution in [3.8, 4) is 0 Å². The molecule has 5 nitrogen and oxygen atoms in total. The minimum atomic E-state index is -0.512. The van der Waals surface area contributed by atoms with Crippen molar-refractivity contribution >= 4 is 17.5 Å². The Labute approximate surface area is 150 Å². The summed E-state index contributed by atoms with van der Waals surface area (Å²) in [6.07, 6.45) is 1.49. The van der Waals surface area contributed by atoms with Gasteiger partial charge in [-0.1, -0.05) is 24.3 Å². The average Bonchev–Trinajstić information content (AvgIpc) is 3.14. The lowest BCUT2D eigenvalue weighted by molar-refractivity contribution is -0.117. The summed E-state index contributed by atoms with van der Waals surface area (Å²) in [5, 5.41) is 2.73. The summed E-state index contributed by atoms with van der Waals surface area (Å²) in [7, 11) is 0. The van der Waals surface area contributed by atoms with Gasteiger partial charge in [-0.25, -0.2) is 4.39 Å². The Morgan fingerprint density at radius 3 is 2.50 bits per heavy atom. The summed E-state index contributed by atoms with van der Waals surface area (Å²) in [6.45, 7) is -0.0878. The molecule has 6 heteroatoms. The van der Waals surface area contributed by atoms with Gasteiger partial charge in [0.1, 0.15) is 18.1 Å². The van der Waals surface area contributed by atoms with E-state index in [1.165, 1.54) is 29.4 Å². The number of anilines is 1. The fourth-order valence-corrected chi connectivity index (χ4v) is 2.49. The third-order valence-electron chi connectivity index (χ3n) is 3.68. The Bertz CT molecular complexity index is 879. The van der Waals surface area contributed by atoms with Gasteiger partial charge in [-0.2, -0.15) is 0 Å². The maximum atomic E-state index is 13.4. The lowest BCUT2D eigenvalue weighted by Crippen LogP contribution is -2.37. The second-order valence-corrected chi connectivity index (χ2v) is 5.67. The van der Waals surface area contributed by atoms with Gasteiger partial charge >= 0.3 is 0 Å².